The fraction of sp³-hybridized carbons (Fsp3) is 0.667. The van der Waals surface area contributed by atoms with Gasteiger partial charge in [0, 0.05) is 18.1 Å². The van der Waals surface area contributed by atoms with Crippen LogP contribution in [0, 0.1) is 5.92 Å². The van der Waals surface area contributed by atoms with Gasteiger partial charge in [0.25, 0.3) is 0 Å². The molecule has 1 aromatic rings. The van der Waals surface area contributed by atoms with Gasteiger partial charge in [0.15, 0.2) is 0 Å². The number of nitrogens with zero attached hydrogens (tertiary/aromatic N) is 1. The van der Waals surface area contributed by atoms with Crippen LogP contribution < -0.4 is 5.32 Å². The molecule has 114 valence electrons. The third-order valence-electron chi connectivity index (χ3n) is 3.60. The van der Waals surface area contributed by atoms with E-state index in [1.807, 2.05) is 0 Å². The smallest absolute Gasteiger partial charge is 0.0469 e. The maximum absolute atomic E-state index is 3.65. The number of rotatable bonds is 7. The predicted octanol–water partition coefficient (Wildman–Crippen LogP) is 4.09. The molecule has 0 bridgehead atoms. The van der Waals surface area contributed by atoms with Crippen molar-refractivity contribution in [1.29, 1.82) is 0 Å². The summed E-state index contributed by atoms with van der Waals surface area (Å²) >= 11 is 0. The van der Waals surface area contributed by atoms with Crippen molar-refractivity contribution in [3.63, 3.8) is 0 Å². The van der Waals surface area contributed by atoms with Crippen LogP contribution in [-0.2, 0) is 0 Å². The van der Waals surface area contributed by atoms with Crippen molar-refractivity contribution in [1.82, 2.24) is 10.2 Å². The first kappa shape index (κ1) is 17.2. The number of benzene rings is 1. The fourth-order valence-corrected chi connectivity index (χ4v) is 2.22. The first-order valence-electron chi connectivity index (χ1n) is 7.80. The second-order valence-corrected chi connectivity index (χ2v) is 7.22. The van der Waals surface area contributed by atoms with Gasteiger partial charge in [-0.25, -0.2) is 0 Å². The Hall–Kier alpha value is -0.860. The zero-order valence-corrected chi connectivity index (χ0v) is 14.1. The minimum Gasteiger partial charge on any atom is -0.310 e. The highest BCUT2D eigenvalue weighted by Crippen LogP contribution is 2.20. The molecular formula is C18H32N2. The molecule has 1 rings (SSSR count). The summed E-state index contributed by atoms with van der Waals surface area (Å²) in [4.78, 5) is 2.48. The Morgan fingerprint density at radius 1 is 1.10 bits per heavy atom. The van der Waals surface area contributed by atoms with E-state index in [-0.39, 0.29) is 5.54 Å². The van der Waals surface area contributed by atoms with Crippen molar-refractivity contribution in [3.8, 4) is 0 Å². The van der Waals surface area contributed by atoms with Crippen molar-refractivity contribution in [2.45, 2.75) is 52.6 Å². The quantitative estimate of drug-likeness (QED) is 0.807. The van der Waals surface area contributed by atoms with Gasteiger partial charge >= 0.3 is 0 Å². The average Bonchev–Trinajstić information content (AvgIpc) is 2.36. The molecule has 0 aliphatic rings. The first-order valence-corrected chi connectivity index (χ1v) is 7.80. The second kappa shape index (κ2) is 7.80. The van der Waals surface area contributed by atoms with Crippen molar-refractivity contribution < 1.29 is 0 Å². The van der Waals surface area contributed by atoms with Crippen LogP contribution in [0.25, 0.3) is 0 Å². The molecule has 2 heteroatoms. The zero-order chi connectivity index (χ0) is 15.2. The third-order valence-corrected chi connectivity index (χ3v) is 3.60. The lowest BCUT2D eigenvalue weighted by Crippen LogP contribution is -2.42. The Morgan fingerprint density at radius 3 is 2.20 bits per heavy atom. The molecule has 0 aromatic heterocycles. The molecule has 0 fully saturated rings. The lowest BCUT2D eigenvalue weighted by molar-refractivity contribution is 0.213. The highest BCUT2D eigenvalue weighted by Gasteiger charge is 2.19. The molecule has 0 amide bonds. The summed E-state index contributed by atoms with van der Waals surface area (Å²) in [5.41, 5.74) is 1.56. The summed E-state index contributed by atoms with van der Waals surface area (Å²) in [6.45, 7) is 13.4. The third kappa shape index (κ3) is 6.53. The van der Waals surface area contributed by atoms with E-state index < -0.39 is 0 Å². The number of nitrogens with one attached hydrogen (secondary N) is 1. The number of hydrogen-bond acceptors (Lipinski definition) is 2. The maximum Gasteiger partial charge on any atom is 0.0469 e. The highest BCUT2D eigenvalue weighted by atomic mass is 15.2. The van der Waals surface area contributed by atoms with Gasteiger partial charge in [-0.15, -0.1) is 0 Å². The minimum absolute atomic E-state index is 0.159. The Balaban J connectivity index is 2.73. The van der Waals surface area contributed by atoms with Crippen LogP contribution in [-0.4, -0.2) is 30.6 Å². The Kier molecular flexibility index (Phi) is 6.70. The zero-order valence-electron chi connectivity index (χ0n) is 14.1. The van der Waals surface area contributed by atoms with Crippen LogP contribution in [0.4, 0.5) is 0 Å². The molecule has 2 nitrogen and oxygen atoms in total. The van der Waals surface area contributed by atoms with E-state index in [0.717, 1.165) is 19.0 Å². The van der Waals surface area contributed by atoms with Crippen molar-refractivity contribution in [3.05, 3.63) is 35.9 Å². The topological polar surface area (TPSA) is 15.3 Å². The normalized spacial score (nSPS) is 14.0. The number of hydrogen-bond donors (Lipinski definition) is 1. The van der Waals surface area contributed by atoms with Gasteiger partial charge in [-0.05, 0) is 52.3 Å². The second-order valence-electron chi connectivity index (χ2n) is 7.22. The number of likely N-dealkylation sites (N-methyl/N-ethyl adjacent to an activating group) is 1. The Bertz CT molecular complexity index is 365. The van der Waals surface area contributed by atoms with Gasteiger partial charge in [0.2, 0.25) is 0 Å². The first-order chi connectivity index (χ1) is 9.29. The van der Waals surface area contributed by atoms with Crippen molar-refractivity contribution >= 4 is 0 Å². The summed E-state index contributed by atoms with van der Waals surface area (Å²) < 4.78 is 0. The van der Waals surface area contributed by atoms with Gasteiger partial charge in [0.1, 0.15) is 0 Å². The van der Waals surface area contributed by atoms with Gasteiger partial charge < -0.3 is 5.32 Å². The lowest BCUT2D eigenvalue weighted by Gasteiger charge is -2.32. The maximum atomic E-state index is 3.65. The fourth-order valence-electron chi connectivity index (χ4n) is 2.22. The molecule has 0 radical (unpaired) electrons. The molecule has 0 aliphatic heterocycles. The van der Waals surface area contributed by atoms with E-state index in [0.29, 0.717) is 6.04 Å². The van der Waals surface area contributed by atoms with Crippen LogP contribution >= 0.6 is 0 Å². The molecule has 20 heavy (non-hydrogen) atoms. The van der Waals surface area contributed by atoms with E-state index in [1.54, 1.807) is 0 Å². The van der Waals surface area contributed by atoms with E-state index in [4.69, 9.17) is 0 Å². The van der Waals surface area contributed by atoms with Crippen molar-refractivity contribution in [2.24, 2.45) is 5.92 Å². The van der Waals surface area contributed by atoms with E-state index in [9.17, 15) is 0 Å². The lowest BCUT2D eigenvalue weighted by atomic mass is 10.0. The molecule has 1 atom stereocenters. The Labute approximate surface area is 125 Å². The van der Waals surface area contributed by atoms with Gasteiger partial charge in [0.05, 0.1) is 0 Å². The van der Waals surface area contributed by atoms with Crippen molar-refractivity contribution in [2.75, 3.05) is 20.1 Å². The molecule has 0 saturated heterocycles. The largest absolute Gasteiger partial charge is 0.310 e. The molecule has 0 heterocycles. The minimum atomic E-state index is 0.159. The van der Waals surface area contributed by atoms with Gasteiger partial charge in [-0.1, -0.05) is 44.2 Å². The van der Waals surface area contributed by atoms with Gasteiger partial charge in [-0.3, -0.25) is 4.90 Å². The van der Waals surface area contributed by atoms with Crippen LogP contribution in [0.15, 0.2) is 30.3 Å². The molecule has 0 aliphatic carbocycles. The molecule has 0 saturated carbocycles. The van der Waals surface area contributed by atoms with E-state index in [1.165, 1.54) is 12.0 Å². The SMILES string of the molecule is CC(C)CCN(C)C(CNC(C)(C)C)c1ccccc1. The molecular weight excluding hydrogens is 244 g/mol. The monoisotopic (exact) mass is 276 g/mol. The molecule has 1 aromatic carbocycles. The summed E-state index contributed by atoms with van der Waals surface area (Å²) in [6.07, 6.45) is 1.25. The van der Waals surface area contributed by atoms with Crippen LogP contribution in [0.2, 0.25) is 0 Å². The molecule has 1 unspecified atom stereocenters. The van der Waals surface area contributed by atoms with E-state index >= 15 is 0 Å². The molecule has 1 N–H and O–H groups in total. The van der Waals surface area contributed by atoms with E-state index in [2.05, 4.69) is 82.2 Å². The molecule has 0 spiro atoms. The summed E-state index contributed by atoms with van der Waals surface area (Å²) in [5.74, 6) is 0.754. The van der Waals surface area contributed by atoms with Gasteiger partial charge in [-0.2, -0.15) is 0 Å². The van der Waals surface area contributed by atoms with Crippen LogP contribution in [0.1, 0.15) is 52.6 Å². The average molecular weight is 276 g/mol. The summed E-state index contributed by atoms with van der Waals surface area (Å²) in [5, 5.41) is 3.65. The predicted molar refractivity (Wildman–Crippen MR) is 89.0 cm³/mol. The summed E-state index contributed by atoms with van der Waals surface area (Å²) in [6, 6.07) is 11.3. The highest BCUT2D eigenvalue weighted by molar-refractivity contribution is 5.19. The van der Waals surface area contributed by atoms with Crippen LogP contribution in [0.3, 0.4) is 0 Å². The summed E-state index contributed by atoms with van der Waals surface area (Å²) in [7, 11) is 2.24. The standard InChI is InChI=1S/C18H32N2/c1-15(2)12-13-20(6)17(14-19-18(3,4)5)16-10-8-7-9-11-16/h7-11,15,17,19H,12-14H2,1-6H3. The Morgan fingerprint density at radius 2 is 1.70 bits per heavy atom. The van der Waals surface area contributed by atoms with Crippen LogP contribution in [0.5, 0.6) is 0 Å².